The van der Waals surface area contributed by atoms with Crippen LogP contribution in [0, 0.1) is 5.82 Å². The first-order valence-corrected chi connectivity index (χ1v) is 10.3. The van der Waals surface area contributed by atoms with Crippen LogP contribution in [-0.2, 0) is 13.0 Å². The van der Waals surface area contributed by atoms with Gasteiger partial charge in [-0.05, 0) is 24.6 Å². The number of nitrogens with one attached hydrogen (secondary N) is 2. The second-order valence-corrected chi connectivity index (χ2v) is 7.58. The van der Waals surface area contributed by atoms with E-state index in [1.807, 2.05) is 25.1 Å². The summed E-state index contributed by atoms with van der Waals surface area (Å²) < 4.78 is 14.2. The van der Waals surface area contributed by atoms with Gasteiger partial charge in [-0.1, -0.05) is 6.92 Å². The van der Waals surface area contributed by atoms with Crippen LogP contribution in [0.2, 0.25) is 0 Å². The standard InChI is InChI=1S/C22H25FN6O2/c1-3-14-10-15-4-5-16(26-20(15)27-21(14)30)13-28-6-8-29(9-7-28)17-11-18(23)19(25-12-17)22(31)24-2/h4-5,10-12H,3,6-9,13H2,1-2H3,(H,24,31)(H,26,27,30). The van der Waals surface area contributed by atoms with E-state index in [1.165, 1.54) is 19.3 Å². The number of hydrogen-bond donors (Lipinski definition) is 2. The molecule has 162 valence electrons. The SMILES string of the molecule is CCc1cc2ccc(CN3CCN(c4cnc(C(=O)NC)c(F)c4)CC3)nc2[nH]c1=O. The van der Waals surface area contributed by atoms with Crippen molar-refractivity contribution < 1.29 is 9.18 Å². The quantitative estimate of drug-likeness (QED) is 0.648. The van der Waals surface area contributed by atoms with Crippen molar-refractivity contribution in [3.8, 4) is 0 Å². The summed E-state index contributed by atoms with van der Waals surface area (Å²) in [5, 5.41) is 3.31. The van der Waals surface area contributed by atoms with Crippen LogP contribution in [0.25, 0.3) is 11.0 Å². The summed E-state index contributed by atoms with van der Waals surface area (Å²) in [4.78, 5) is 39.5. The van der Waals surface area contributed by atoms with Gasteiger partial charge >= 0.3 is 0 Å². The Balaban J connectivity index is 1.41. The van der Waals surface area contributed by atoms with Gasteiger partial charge in [0, 0.05) is 56.8 Å². The first-order chi connectivity index (χ1) is 15.0. The highest BCUT2D eigenvalue weighted by atomic mass is 19.1. The molecule has 0 radical (unpaired) electrons. The van der Waals surface area contributed by atoms with Gasteiger partial charge in [0.25, 0.3) is 11.5 Å². The molecular weight excluding hydrogens is 399 g/mol. The van der Waals surface area contributed by atoms with E-state index >= 15 is 0 Å². The first kappa shape index (κ1) is 20.9. The molecule has 1 amide bonds. The van der Waals surface area contributed by atoms with Crippen LogP contribution >= 0.6 is 0 Å². The molecule has 0 aromatic carbocycles. The largest absolute Gasteiger partial charge is 0.368 e. The van der Waals surface area contributed by atoms with Gasteiger partial charge in [-0.2, -0.15) is 0 Å². The highest BCUT2D eigenvalue weighted by Gasteiger charge is 2.20. The molecule has 1 fully saturated rings. The molecule has 3 aromatic rings. The Bertz CT molecular complexity index is 1170. The number of nitrogens with zero attached hydrogens (tertiary/aromatic N) is 4. The zero-order chi connectivity index (χ0) is 22.0. The van der Waals surface area contributed by atoms with Gasteiger partial charge in [0.05, 0.1) is 17.6 Å². The number of aryl methyl sites for hydroxylation is 1. The number of carbonyl (C=O) groups excluding carboxylic acids is 1. The number of pyridine rings is 3. The third kappa shape index (κ3) is 4.41. The number of piperazine rings is 1. The summed E-state index contributed by atoms with van der Waals surface area (Å²) in [5.41, 5.74) is 2.64. The summed E-state index contributed by atoms with van der Waals surface area (Å²) in [6.07, 6.45) is 2.22. The van der Waals surface area contributed by atoms with Gasteiger partial charge in [0.2, 0.25) is 0 Å². The van der Waals surface area contributed by atoms with E-state index in [9.17, 15) is 14.0 Å². The van der Waals surface area contributed by atoms with Crippen LogP contribution < -0.4 is 15.8 Å². The molecule has 2 N–H and O–H groups in total. The van der Waals surface area contributed by atoms with Crippen molar-refractivity contribution in [2.45, 2.75) is 19.9 Å². The summed E-state index contributed by atoms with van der Waals surface area (Å²) in [5.74, 6) is -1.16. The fourth-order valence-corrected chi connectivity index (χ4v) is 3.80. The second kappa shape index (κ2) is 8.81. The van der Waals surface area contributed by atoms with Crippen LogP contribution in [0.1, 0.15) is 28.7 Å². The van der Waals surface area contributed by atoms with E-state index in [0.717, 1.165) is 29.7 Å². The minimum absolute atomic E-state index is 0.0865. The smallest absolute Gasteiger partial charge is 0.272 e. The first-order valence-electron chi connectivity index (χ1n) is 10.3. The number of H-pyrrole nitrogens is 1. The summed E-state index contributed by atoms with van der Waals surface area (Å²) >= 11 is 0. The highest BCUT2D eigenvalue weighted by molar-refractivity contribution is 5.92. The molecule has 0 spiro atoms. The number of fused-ring (bicyclic) bond motifs is 1. The van der Waals surface area contributed by atoms with Gasteiger partial charge in [-0.15, -0.1) is 0 Å². The Labute approximate surface area is 179 Å². The summed E-state index contributed by atoms with van der Waals surface area (Å²) in [7, 11) is 1.45. The molecule has 4 heterocycles. The van der Waals surface area contributed by atoms with E-state index in [-0.39, 0.29) is 11.3 Å². The molecule has 0 atom stereocenters. The molecule has 8 nitrogen and oxygen atoms in total. The Morgan fingerprint density at radius 3 is 2.68 bits per heavy atom. The molecule has 0 bridgehead atoms. The second-order valence-electron chi connectivity index (χ2n) is 7.58. The molecule has 9 heteroatoms. The zero-order valence-corrected chi connectivity index (χ0v) is 17.6. The minimum atomic E-state index is -0.625. The fourth-order valence-electron chi connectivity index (χ4n) is 3.80. The predicted octanol–water partition coefficient (Wildman–Crippen LogP) is 1.70. The maximum absolute atomic E-state index is 14.2. The number of anilines is 1. The Hall–Kier alpha value is -3.33. The Morgan fingerprint density at radius 1 is 1.23 bits per heavy atom. The van der Waals surface area contributed by atoms with Crippen molar-refractivity contribution in [3.63, 3.8) is 0 Å². The number of aromatic nitrogens is 3. The molecule has 1 saturated heterocycles. The van der Waals surface area contributed by atoms with Crippen LogP contribution in [0.15, 0.2) is 35.3 Å². The van der Waals surface area contributed by atoms with Crippen molar-refractivity contribution in [3.05, 3.63) is 63.6 Å². The van der Waals surface area contributed by atoms with Crippen molar-refractivity contribution in [2.24, 2.45) is 0 Å². The lowest BCUT2D eigenvalue weighted by Gasteiger charge is -2.35. The molecule has 0 unspecified atom stereocenters. The monoisotopic (exact) mass is 424 g/mol. The predicted molar refractivity (Wildman–Crippen MR) is 117 cm³/mol. The highest BCUT2D eigenvalue weighted by Crippen LogP contribution is 2.19. The number of halogens is 1. The lowest BCUT2D eigenvalue weighted by atomic mass is 10.1. The van der Waals surface area contributed by atoms with Gasteiger partial charge in [-0.25, -0.2) is 14.4 Å². The number of amides is 1. The maximum atomic E-state index is 14.2. The fraction of sp³-hybridized carbons (Fsp3) is 0.364. The zero-order valence-electron chi connectivity index (χ0n) is 17.6. The van der Waals surface area contributed by atoms with Crippen molar-refractivity contribution in [2.75, 3.05) is 38.1 Å². The van der Waals surface area contributed by atoms with Crippen LogP contribution in [-0.4, -0.2) is 59.0 Å². The average Bonchev–Trinajstić information content (AvgIpc) is 2.78. The summed E-state index contributed by atoms with van der Waals surface area (Å²) in [6, 6.07) is 7.24. The molecule has 4 rings (SSSR count). The molecule has 31 heavy (non-hydrogen) atoms. The van der Waals surface area contributed by atoms with Crippen molar-refractivity contribution in [1.82, 2.24) is 25.2 Å². The van der Waals surface area contributed by atoms with Crippen molar-refractivity contribution in [1.29, 1.82) is 0 Å². The lowest BCUT2D eigenvalue weighted by Crippen LogP contribution is -2.46. The van der Waals surface area contributed by atoms with Crippen LogP contribution in [0.3, 0.4) is 0 Å². The van der Waals surface area contributed by atoms with Crippen LogP contribution in [0.4, 0.5) is 10.1 Å². The van der Waals surface area contributed by atoms with E-state index in [4.69, 9.17) is 0 Å². The topological polar surface area (TPSA) is 94.2 Å². The normalized spacial score (nSPS) is 14.7. The summed E-state index contributed by atoms with van der Waals surface area (Å²) in [6.45, 7) is 5.62. The molecule has 1 aliphatic rings. The lowest BCUT2D eigenvalue weighted by molar-refractivity contribution is 0.0953. The molecule has 0 aliphatic carbocycles. The number of aromatic amines is 1. The maximum Gasteiger partial charge on any atom is 0.272 e. The number of hydrogen-bond acceptors (Lipinski definition) is 6. The molecule has 1 aliphatic heterocycles. The molecule has 0 saturated carbocycles. The minimum Gasteiger partial charge on any atom is -0.368 e. The van der Waals surface area contributed by atoms with Crippen molar-refractivity contribution >= 4 is 22.6 Å². The average molecular weight is 424 g/mol. The van der Waals surface area contributed by atoms with Gasteiger partial charge in [0.15, 0.2) is 11.5 Å². The molecule has 3 aromatic heterocycles. The van der Waals surface area contributed by atoms with E-state index in [1.54, 1.807) is 0 Å². The van der Waals surface area contributed by atoms with E-state index in [0.29, 0.717) is 37.4 Å². The number of rotatable bonds is 5. The van der Waals surface area contributed by atoms with Gasteiger partial charge in [-0.3, -0.25) is 14.5 Å². The third-order valence-electron chi connectivity index (χ3n) is 5.61. The van der Waals surface area contributed by atoms with Gasteiger partial charge < -0.3 is 15.2 Å². The Morgan fingerprint density at radius 2 is 2.00 bits per heavy atom. The van der Waals surface area contributed by atoms with Crippen LogP contribution in [0.5, 0.6) is 0 Å². The molecular formula is C22H25FN6O2. The van der Waals surface area contributed by atoms with E-state index in [2.05, 4.69) is 30.1 Å². The number of carbonyl (C=O) groups is 1. The third-order valence-corrected chi connectivity index (χ3v) is 5.61. The van der Waals surface area contributed by atoms with Gasteiger partial charge in [0.1, 0.15) is 5.65 Å². The Kier molecular flexibility index (Phi) is 5.94. The van der Waals surface area contributed by atoms with E-state index < -0.39 is 11.7 Å².